The van der Waals surface area contributed by atoms with Crippen molar-refractivity contribution in [2.45, 2.75) is 12.8 Å². The van der Waals surface area contributed by atoms with Gasteiger partial charge in [-0.1, -0.05) is 24.3 Å². The Morgan fingerprint density at radius 3 is 1.62 bits per heavy atom. The van der Waals surface area contributed by atoms with E-state index >= 15 is 0 Å². The lowest BCUT2D eigenvalue weighted by Gasteiger charge is -2.26. The Morgan fingerprint density at radius 2 is 1.19 bits per heavy atom. The number of para-hydroxylation sites is 2. The average Bonchev–Trinajstić information content (AvgIpc) is 2.74. The fourth-order valence-corrected chi connectivity index (χ4v) is 3.44. The second-order valence-electron chi connectivity index (χ2n) is 6.50. The number of anilines is 2. The Balaban J connectivity index is 1.73. The van der Waals surface area contributed by atoms with E-state index in [0.29, 0.717) is 11.1 Å². The van der Waals surface area contributed by atoms with Crippen molar-refractivity contribution in [1.29, 1.82) is 0 Å². The van der Waals surface area contributed by atoms with Gasteiger partial charge in [-0.15, -0.1) is 0 Å². The Morgan fingerprint density at radius 1 is 0.731 bits per heavy atom. The van der Waals surface area contributed by atoms with Crippen molar-refractivity contribution in [3.05, 3.63) is 59.7 Å². The smallest absolute Gasteiger partial charge is 0.197 e. The van der Waals surface area contributed by atoms with E-state index in [0.717, 1.165) is 50.4 Å². The standard InChI is InChI=1S/C21H22N4O/c26-21(17-7-1-3-9-19(17)24-13-5-11-22-15-24)18-8-2-4-10-20(18)25-14-6-12-23-16-25/h1-4,7-10,15-16H,5-6,11-14H2. The van der Waals surface area contributed by atoms with Gasteiger partial charge in [-0.25, -0.2) is 0 Å². The van der Waals surface area contributed by atoms with Crippen molar-refractivity contribution in [3.8, 4) is 0 Å². The number of carbonyl (C=O) groups is 1. The fourth-order valence-electron chi connectivity index (χ4n) is 3.44. The fraction of sp³-hybridized carbons (Fsp3) is 0.286. The molecule has 0 bridgehead atoms. The monoisotopic (exact) mass is 346 g/mol. The quantitative estimate of drug-likeness (QED) is 0.797. The van der Waals surface area contributed by atoms with Crippen LogP contribution in [-0.4, -0.2) is 44.6 Å². The van der Waals surface area contributed by atoms with E-state index in [-0.39, 0.29) is 5.78 Å². The van der Waals surface area contributed by atoms with Crippen LogP contribution < -0.4 is 9.80 Å². The van der Waals surface area contributed by atoms with E-state index in [1.807, 2.05) is 61.2 Å². The van der Waals surface area contributed by atoms with Gasteiger partial charge in [0.25, 0.3) is 0 Å². The summed E-state index contributed by atoms with van der Waals surface area (Å²) in [7, 11) is 0. The summed E-state index contributed by atoms with van der Waals surface area (Å²) in [5.41, 5.74) is 3.26. The summed E-state index contributed by atoms with van der Waals surface area (Å²) < 4.78 is 0. The van der Waals surface area contributed by atoms with E-state index < -0.39 is 0 Å². The molecule has 0 atom stereocenters. The molecule has 0 saturated carbocycles. The highest BCUT2D eigenvalue weighted by Gasteiger charge is 2.22. The third-order valence-corrected chi connectivity index (χ3v) is 4.73. The third-order valence-electron chi connectivity index (χ3n) is 4.73. The first kappa shape index (κ1) is 16.5. The number of carbonyl (C=O) groups excluding carboxylic acids is 1. The topological polar surface area (TPSA) is 48.3 Å². The number of aliphatic imine (C=N–C) groups is 2. The molecule has 2 aromatic carbocycles. The minimum atomic E-state index is 0.0362. The van der Waals surface area contributed by atoms with Gasteiger partial charge in [-0.05, 0) is 37.1 Å². The highest BCUT2D eigenvalue weighted by Crippen LogP contribution is 2.28. The Kier molecular flexibility index (Phi) is 4.78. The van der Waals surface area contributed by atoms with Crippen LogP contribution in [0.15, 0.2) is 58.5 Å². The lowest BCUT2D eigenvalue weighted by Crippen LogP contribution is -2.30. The molecule has 0 unspecified atom stereocenters. The van der Waals surface area contributed by atoms with Crippen molar-refractivity contribution >= 4 is 29.8 Å². The van der Waals surface area contributed by atoms with Crippen LogP contribution in [0.25, 0.3) is 0 Å². The molecule has 2 aliphatic heterocycles. The molecule has 0 fully saturated rings. The van der Waals surface area contributed by atoms with Gasteiger partial charge in [0.15, 0.2) is 5.78 Å². The van der Waals surface area contributed by atoms with Gasteiger partial charge in [0.2, 0.25) is 0 Å². The van der Waals surface area contributed by atoms with Crippen LogP contribution in [0.1, 0.15) is 28.8 Å². The van der Waals surface area contributed by atoms with Gasteiger partial charge in [0.05, 0.1) is 24.1 Å². The summed E-state index contributed by atoms with van der Waals surface area (Å²) in [5, 5.41) is 0. The number of hydrogen-bond donors (Lipinski definition) is 0. The maximum absolute atomic E-state index is 13.4. The molecule has 0 N–H and O–H groups in total. The number of rotatable bonds is 4. The molecular weight excluding hydrogens is 324 g/mol. The van der Waals surface area contributed by atoms with Gasteiger partial charge in [-0.3, -0.25) is 14.8 Å². The van der Waals surface area contributed by atoms with Crippen molar-refractivity contribution < 1.29 is 4.79 Å². The molecule has 0 aliphatic carbocycles. The molecule has 4 rings (SSSR count). The Hall–Kier alpha value is -2.95. The predicted octanol–water partition coefficient (Wildman–Crippen LogP) is 3.39. The molecule has 0 spiro atoms. The maximum atomic E-state index is 13.4. The van der Waals surface area contributed by atoms with E-state index in [4.69, 9.17) is 0 Å². The SMILES string of the molecule is O=C(c1ccccc1N1C=NCCC1)c1ccccc1N1C=NCCC1. The van der Waals surface area contributed by atoms with E-state index in [1.165, 1.54) is 0 Å². The van der Waals surface area contributed by atoms with Crippen LogP contribution in [0.2, 0.25) is 0 Å². The van der Waals surface area contributed by atoms with Crippen molar-refractivity contribution in [2.75, 3.05) is 36.0 Å². The van der Waals surface area contributed by atoms with E-state index in [1.54, 1.807) is 0 Å². The van der Waals surface area contributed by atoms with Crippen LogP contribution in [0.3, 0.4) is 0 Å². The van der Waals surface area contributed by atoms with Crippen LogP contribution in [0.5, 0.6) is 0 Å². The minimum absolute atomic E-state index is 0.0362. The first-order valence-corrected chi connectivity index (χ1v) is 9.10. The zero-order chi connectivity index (χ0) is 17.8. The zero-order valence-electron chi connectivity index (χ0n) is 14.7. The largest absolute Gasteiger partial charge is 0.332 e. The summed E-state index contributed by atoms with van der Waals surface area (Å²) in [6.45, 7) is 3.47. The van der Waals surface area contributed by atoms with Crippen LogP contribution in [0.4, 0.5) is 11.4 Å². The zero-order valence-corrected chi connectivity index (χ0v) is 14.7. The highest BCUT2D eigenvalue weighted by atomic mass is 16.1. The number of benzene rings is 2. The molecule has 0 amide bonds. The molecule has 2 heterocycles. The van der Waals surface area contributed by atoms with Gasteiger partial charge in [-0.2, -0.15) is 0 Å². The maximum Gasteiger partial charge on any atom is 0.197 e. The van der Waals surface area contributed by atoms with Gasteiger partial charge < -0.3 is 9.80 Å². The highest BCUT2D eigenvalue weighted by molar-refractivity contribution is 6.16. The molecule has 132 valence electrons. The predicted molar refractivity (Wildman–Crippen MR) is 107 cm³/mol. The van der Waals surface area contributed by atoms with Crippen molar-refractivity contribution in [3.63, 3.8) is 0 Å². The molecule has 0 radical (unpaired) electrons. The summed E-state index contributed by atoms with van der Waals surface area (Å²) in [6.07, 6.45) is 5.69. The third kappa shape index (κ3) is 3.25. The van der Waals surface area contributed by atoms with Gasteiger partial charge in [0, 0.05) is 37.3 Å². The van der Waals surface area contributed by atoms with Gasteiger partial charge in [0.1, 0.15) is 0 Å². The molecular formula is C21H22N4O. The first-order valence-electron chi connectivity index (χ1n) is 9.10. The summed E-state index contributed by atoms with van der Waals surface area (Å²) in [5.74, 6) is 0.0362. The van der Waals surface area contributed by atoms with Crippen LogP contribution in [-0.2, 0) is 0 Å². The number of ketones is 1. The lowest BCUT2D eigenvalue weighted by atomic mass is 9.98. The van der Waals surface area contributed by atoms with Crippen LogP contribution in [0, 0.1) is 0 Å². The van der Waals surface area contributed by atoms with E-state index in [2.05, 4.69) is 19.8 Å². The Labute approximate surface area is 153 Å². The normalized spacial score (nSPS) is 16.8. The summed E-state index contributed by atoms with van der Waals surface area (Å²) in [6, 6.07) is 15.6. The summed E-state index contributed by atoms with van der Waals surface area (Å²) in [4.78, 5) is 26.3. The molecule has 0 saturated heterocycles. The molecule has 5 nitrogen and oxygen atoms in total. The first-order chi connectivity index (χ1) is 12.8. The minimum Gasteiger partial charge on any atom is -0.332 e. The van der Waals surface area contributed by atoms with E-state index in [9.17, 15) is 4.79 Å². The van der Waals surface area contributed by atoms with Crippen molar-refractivity contribution in [2.24, 2.45) is 9.98 Å². The molecule has 2 aliphatic rings. The van der Waals surface area contributed by atoms with Crippen molar-refractivity contribution in [1.82, 2.24) is 0 Å². The Bertz CT molecular complexity index is 789. The number of nitrogens with zero attached hydrogens (tertiary/aromatic N) is 4. The molecule has 26 heavy (non-hydrogen) atoms. The number of hydrogen-bond acceptors (Lipinski definition) is 5. The average molecular weight is 346 g/mol. The van der Waals surface area contributed by atoms with Gasteiger partial charge >= 0.3 is 0 Å². The summed E-state index contributed by atoms with van der Waals surface area (Å²) >= 11 is 0. The molecule has 2 aromatic rings. The molecule has 0 aromatic heterocycles. The second kappa shape index (κ2) is 7.52. The van der Waals surface area contributed by atoms with Crippen LogP contribution >= 0.6 is 0 Å². The second-order valence-corrected chi connectivity index (χ2v) is 6.50. The molecule has 5 heteroatoms. The lowest BCUT2D eigenvalue weighted by molar-refractivity contribution is 0.104.